The van der Waals surface area contributed by atoms with Gasteiger partial charge >= 0.3 is 0 Å². The van der Waals surface area contributed by atoms with Gasteiger partial charge in [0.05, 0.1) is 5.69 Å². The number of aromatic nitrogens is 2. The molecule has 1 rings (SSSR count). The van der Waals surface area contributed by atoms with Gasteiger partial charge in [0.1, 0.15) is 16.4 Å². The molecule has 1 heterocycles. The Kier molecular flexibility index (Phi) is 3.59. The molecule has 8 heteroatoms. The van der Waals surface area contributed by atoms with Crippen LogP contribution in [-0.2, 0) is 17.1 Å². The Labute approximate surface area is 99.6 Å². The fourth-order valence-corrected chi connectivity index (χ4v) is 2.76. The Morgan fingerprint density at radius 3 is 2.44 bits per heavy atom. The smallest absolute Gasteiger partial charge is 0.288 e. The van der Waals surface area contributed by atoms with Crippen molar-refractivity contribution in [1.82, 2.24) is 14.7 Å². The molecule has 0 saturated carbocycles. The molecule has 0 amide bonds. The molecule has 16 heavy (non-hydrogen) atoms. The van der Waals surface area contributed by atoms with E-state index >= 15 is 0 Å². The highest BCUT2D eigenvalue weighted by Crippen LogP contribution is 2.25. The van der Waals surface area contributed by atoms with Crippen molar-refractivity contribution in [3.63, 3.8) is 0 Å². The minimum atomic E-state index is -3.78. The van der Waals surface area contributed by atoms with Crippen molar-refractivity contribution in [3.05, 3.63) is 10.8 Å². The second-order valence-corrected chi connectivity index (χ2v) is 5.42. The molecule has 1 aromatic rings. The maximum Gasteiger partial charge on any atom is 0.288 e. The molecule has 0 saturated heterocycles. The number of hydrogen-bond acceptors (Lipinski definition) is 3. The number of rotatable bonds is 3. The number of sulfonamides is 1. The van der Waals surface area contributed by atoms with Crippen LogP contribution in [0.25, 0.3) is 0 Å². The van der Waals surface area contributed by atoms with Crippen LogP contribution >= 0.6 is 11.6 Å². The van der Waals surface area contributed by atoms with Gasteiger partial charge in [0, 0.05) is 21.1 Å². The first-order valence-corrected chi connectivity index (χ1v) is 6.23. The molecular formula is C8H13ClN4O2S. The van der Waals surface area contributed by atoms with E-state index in [1.54, 1.807) is 28.1 Å². The second-order valence-electron chi connectivity index (χ2n) is 3.49. The normalized spacial score (nSPS) is 12.3. The van der Waals surface area contributed by atoms with Crippen LogP contribution in [0.4, 0.5) is 0 Å². The van der Waals surface area contributed by atoms with Crippen LogP contribution in [0.1, 0.15) is 5.69 Å². The van der Waals surface area contributed by atoms with E-state index in [9.17, 15) is 8.42 Å². The summed E-state index contributed by atoms with van der Waals surface area (Å²) in [7, 11) is 1.14. The average Bonchev–Trinajstić information content (AvgIpc) is 2.38. The maximum atomic E-state index is 11.8. The highest BCUT2D eigenvalue weighted by atomic mass is 35.5. The van der Waals surface area contributed by atoms with E-state index in [-0.39, 0.29) is 10.0 Å². The van der Waals surface area contributed by atoms with Crippen molar-refractivity contribution in [2.24, 2.45) is 11.4 Å². The lowest BCUT2D eigenvalue weighted by molar-refractivity contribution is 0.594. The summed E-state index contributed by atoms with van der Waals surface area (Å²) in [6.07, 6.45) is 1.21. The van der Waals surface area contributed by atoms with Gasteiger partial charge in [-0.2, -0.15) is 13.5 Å². The molecule has 1 aromatic heterocycles. The lowest BCUT2D eigenvalue weighted by Gasteiger charge is -2.02. The van der Waals surface area contributed by atoms with E-state index in [0.29, 0.717) is 5.69 Å². The molecule has 0 aliphatic heterocycles. The van der Waals surface area contributed by atoms with Crippen molar-refractivity contribution < 1.29 is 8.42 Å². The molecule has 0 radical (unpaired) electrons. The molecule has 0 bridgehead atoms. The molecule has 0 spiro atoms. The van der Waals surface area contributed by atoms with Gasteiger partial charge in [-0.15, -0.1) is 4.40 Å². The zero-order valence-electron chi connectivity index (χ0n) is 9.47. The SMILES string of the molecule is Cc1nn(C)c(Cl)c1S(=O)(=O)N=CN(C)C. The van der Waals surface area contributed by atoms with Gasteiger partial charge < -0.3 is 4.90 Å². The van der Waals surface area contributed by atoms with Crippen LogP contribution in [0, 0.1) is 6.92 Å². The monoisotopic (exact) mass is 264 g/mol. The van der Waals surface area contributed by atoms with E-state index < -0.39 is 10.0 Å². The standard InChI is InChI=1S/C8H13ClN4O2S/c1-6-7(8(9)13(4)11-6)16(14,15)10-5-12(2)3/h5H,1-4H3. The summed E-state index contributed by atoms with van der Waals surface area (Å²) < 4.78 is 28.5. The second kappa shape index (κ2) is 4.42. The Balaban J connectivity index is 3.28. The molecular weight excluding hydrogens is 252 g/mol. The van der Waals surface area contributed by atoms with Crippen molar-refractivity contribution in [1.29, 1.82) is 0 Å². The summed E-state index contributed by atoms with van der Waals surface area (Å²) >= 11 is 5.85. The van der Waals surface area contributed by atoms with Crippen LogP contribution < -0.4 is 0 Å². The molecule has 0 aromatic carbocycles. The highest BCUT2D eigenvalue weighted by Gasteiger charge is 2.24. The van der Waals surface area contributed by atoms with E-state index in [2.05, 4.69) is 9.50 Å². The summed E-state index contributed by atoms with van der Waals surface area (Å²) in [6.45, 7) is 1.57. The van der Waals surface area contributed by atoms with Crippen molar-refractivity contribution >= 4 is 28.0 Å². The van der Waals surface area contributed by atoms with Gasteiger partial charge in [-0.3, -0.25) is 4.68 Å². The summed E-state index contributed by atoms with van der Waals surface area (Å²) in [5.74, 6) is 0. The summed E-state index contributed by atoms with van der Waals surface area (Å²) in [5, 5.41) is 3.99. The predicted molar refractivity (Wildman–Crippen MR) is 62.3 cm³/mol. The third-order valence-electron chi connectivity index (χ3n) is 1.77. The largest absolute Gasteiger partial charge is 0.368 e. The van der Waals surface area contributed by atoms with E-state index in [0.717, 1.165) is 0 Å². The van der Waals surface area contributed by atoms with Crippen LogP contribution in [0.2, 0.25) is 5.15 Å². The lowest BCUT2D eigenvalue weighted by Crippen LogP contribution is -2.10. The van der Waals surface area contributed by atoms with Gasteiger partial charge in [-0.1, -0.05) is 11.6 Å². The van der Waals surface area contributed by atoms with Gasteiger partial charge in [-0.25, -0.2) is 0 Å². The number of hydrogen-bond donors (Lipinski definition) is 0. The number of aryl methyl sites for hydroxylation is 2. The fraction of sp³-hybridized carbons (Fsp3) is 0.500. The van der Waals surface area contributed by atoms with Crippen molar-refractivity contribution in [3.8, 4) is 0 Å². The van der Waals surface area contributed by atoms with Gasteiger partial charge in [-0.05, 0) is 6.92 Å². The average molecular weight is 265 g/mol. The molecule has 0 N–H and O–H groups in total. The van der Waals surface area contributed by atoms with Crippen molar-refractivity contribution in [2.45, 2.75) is 11.8 Å². The topological polar surface area (TPSA) is 67.6 Å². The predicted octanol–water partition coefficient (Wildman–Crippen LogP) is 0.661. The highest BCUT2D eigenvalue weighted by molar-refractivity contribution is 7.90. The third kappa shape index (κ3) is 2.53. The van der Waals surface area contributed by atoms with Crippen LogP contribution in [0.3, 0.4) is 0 Å². The first-order valence-electron chi connectivity index (χ1n) is 4.41. The Bertz CT molecular complexity index is 518. The first kappa shape index (κ1) is 13.0. The molecule has 0 aliphatic carbocycles. The quantitative estimate of drug-likeness (QED) is 0.594. The lowest BCUT2D eigenvalue weighted by atomic mass is 10.5. The zero-order valence-corrected chi connectivity index (χ0v) is 11.0. The number of nitrogens with zero attached hydrogens (tertiary/aromatic N) is 4. The molecule has 90 valence electrons. The minimum Gasteiger partial charge on any atom is -0.368 e. The summed E-state index contributed by atoms with van der Waals surface area (Å²) in [5.41, 5.74) is 0.336. The first-order chi connectivity index (χ1) is 7.25. The Hall–Kier alpha value is -1.08. The van der Waals surface area contributed by atoms with Crippen LogP contribution in [0.5, 0.6) is 0 Å². The fourth-order valence-electron chi connectivity index (χ4n) is 1.11. The maximum absolute atomic E-state index is 11.8. The molecule has 0 atom stereocenters. The van der Waals surface area contributed by atoms with Crippen LogP contribution in [-0.4, -0.2) is 43.5 Å². The zero-order chi connectivity index (χ0) is 12.5. The number of halogens is 1. The summed E-state index contributed by atoms with van der Waals surface area (Å²) in [6, 6.07) is 0. The van der Waals surface area contributed by atoms with Gasteiger partial charge in [0.25, 0.3) is 10.0 Å². The van der Waals surface area contributed by atoms with Gasteiger partial charge in [0.15, 0.2) is 0 Å². The van der Waals surface area contributed by atoms with Gasteiger partial charge in [0.2, 0.25) is 0 Å². The molecule has 6 nitrogen and oxygen atoms in total. The van der Waals surface area contributed by atoms with E-state index in [1.165, 1.54) is 15.9 Å². The van der Waals surface area contributed by atoms with Crippen LogP contribution in [0.15, 0.2) is 9.29 Å². The Morgan fingerprint density at radius 2 is 2.06 bits per heavy atom. The molecule has 0 unspecified atom stereocenters. The summed E-state index contributed by atoms with van der Waals surface area (Å²) in [4.78, 5) is 1.48. The third-order valence-corrected chi connectivity index (χ3v) is 3.70. The van der Waals surface area contributed by atoms with E-state index in [4.69, 9.17) is 11.6 Å². The molecule has 0 fully saturated rings. The van der Waals surface area contributed by atoms with Crippen molar-refractivity contribution in [2.75, 3.05) is 14.1 Å². The van der Waals surface area contributed by atoms with E-state index in [1.807, 2.05) is 0 Å². The molecule has 0 aliphatic rings. The Morgan fingerprint density at radius 1 is 1.50 bits per heavy atom. The minimum absolute atomic E-state index is 0.0465.